The second-order valence-electron chi connectivity index (χ2n) is 7.96. The van der Waals surface area contributed by atoms with Crippen molar-refractivity contribution >= 4 is 15.7 Å². The van der Waals surface area contributed by atoms with Gasteiger partial charge in [-0.15, -0.1) is 0 Å². The molecule has 0 spiro atoms. The number of amides is 1. The van der Waals surface area contributed by atoms with Crippen LogP contribution in [-0.4, -0.2) is 37.6 Å². The Labute approximate surface area is 210 Å². The number of nitrogens with one attached hydrogen (secondary N) is 2. The summed E-state index contributed by atoms with van der Waals surface area (Å²) in [5.74, 6) is 0.816. The van der Waals surface area contributed by atoms with Gasteiger partial charge in [-0.3, -0.25) is 15.3 Å². The number of fused-ring (bicyclic) bond motifs is 1. The van der Waals surface area contributed by atoms with Gasteiger partial charge in [0.25, 0.3) is 5.91 Å². The molecule has 3 aromatic carbocycles. The first-order valence-electron chi connectivity index (χ1n) is 11.4. The molecule has 1 unspecified atom stereocenters. The van der Waals surface area contributed by atoms with E-state index in [-0.39, 0.29) is 18.2 Å². The van der Waals surface area contributed by atoms with E-state index in [1.807, 2.05) is 32.0 Å². The number of hydroxylamine groups is 1. The van der Waals surface area contributed by atoms with Crippen molar-refractivity contribution in [3.05, 3.63) is 78.4 Å². The minimum absolute atomic E-state index is 0.0229. The molecule has 1 heterocycles. The van der Waals surface area contributed by atoms with Crippen LogP contribution in [0.15, 0.2) is 77.7 Å². The van der Waals surface area contributed by atoms with E-state index in [0.717, 1.165) is 5.56 Å². The number of hydrogen-bond acceptors (Lipinski definition) is 8. The zero-order valence-electron chi connectivity index (χ0n) is 20.4. The zero-order valence-corrected chi connectivity index (χ0v) is 21.2. The summed E-state index contributed by atoms with van der Waals surface area (Å²) in [7, 11) is -3.91. The van der Waals surface area contributed by atoms with Crippen molar-refractivity contribution in [1.82, 2.24) is 10.8 Å². The van der Waals surface area contributed by atoms with E-state index in [1.54, 1.807) is 47.9 Å². The van der Waals surface area contributed by atoms with Crippen molar-refractivity contribution in [1.29, 1.82) is 0 Å². The summed E-state index contributed by atoms with van der Waals surface area (Å²) >= 11 is 0. The predicted molar refractivity (Wildman–Crippen MR) is 134 cm³/mol. The molecule has 36 heavy (non-hydrogen) atoms. The van der Waals surface area contributed by atoms with E-state index in [4.69, 9.17) is 14.2 Å². The van der Waals surface area contributed by atoms with Crippen LogP contribution in [-0.2, 0) is 21.2 Å². The number of carbonyl (C=O) groups excluding carboxylic acids is 1. The summed E-state index contributed by atoms with van der Waals surface area (Å²) in [5.41, 5.74) is 0.692. The van der Waals surface area contributed by atoms with Crippen LogP contribution in [0.4, 0.5) is 0 Å². The average molecular weight is 515 g/mol. The quantitative estimate of drug-likeness (QED) is 0.289. The Balaban J connectivity index is 0.00000176. The third-order valence-electron chi connectivity index (χ3n) is 5.36. The van der Waals surface area contributed by atoms with Crippen molar-refractivity contribution < 1.29 is 32.6 Å². The Morgan fingerprint density at radius 2 is 1.61 bits per heavy atom. The highest BCUT2D eigenvalue weighted by Crippen LogP contribution is 2.32. The molecule has 1 aliphatic rings. The molecule has 192 valence electrons. The molecule has 1 aliphatic heterocycles. The molecule has 0 saturated carbocycles. The SMILES string of the molecule is CC.CC(CS(=O)(=O)c1ccc(Oc2ccccc2)cc1)(NCc1ccc2c(c1)OCO2)C(=O)NO. The van der Waals surface area contributed by atoms with Crippen molar-refractivity contribution in [2.75, 3.05) is 12.5 Å². The fraction of sp³-hybridized carbons (Fsp3) is 0.269. The highest BCUT2D eigenvalue weighted by Gasteiger charge is 2.38. The average Bonchev–Trinajstić information content (AvgIpc) is 3.37. The molecule has 0 bridgehead atoms. The molecule has 0 saturated heterocycles. The van der Waals surface area contributed by atoms with Gasteiger partial charge in [-0.25, -0.2) is 13.9 Å². The van der Waals surface area contributed by atoms with Crippen LogP contribution in [0.1, 0.15) is 26.3 Å². The summed E-state index contributed by atoms with van der Waals surface area (Å²) in [6, 6.07) is 20.3. The number of hydrogen-bond donors (Lipinski definition) is 3. The number of rotatable bonds is 9. The minimum atomic E-state index is -3.91. The Kier molecular flexibility index (Phi) is 8.92. The standard InChI is InChI=1S/C24H24N2O7S.C2H6/c1-24(23(27)26-28,25-14-17-7-12-21-22(13-17)32-16-31-21)15-34(29,30)20-10-8-19(9-11-20)33-18-5-3-2-4-6-18;1-2/h2-13,25,28H,14-16H2,1H3,(H,26,27);1-2H3. The summed E-state index contributed by atoms with van der Waals surface area (Å²) in [6.07, 6.45) is 0. The minimum Gasteiger partial charge on any atom is -0.457 e. The van der Waals surface area contributed by atoms with Gasteiger partial charge in [0.05, 0.1) is 10.6 Å². The van der Waals surface area contributed by atoms with Gasteiger partial charge in [-0.2, -0.15) is 0 Å². The molecule has 0 fully saturated rings. The van der Waals surface area contributed by atoms with Crippen molar-refractivity contribution in [3.8, 4) is 23.0 Å². The first-order chi connectivity index (χ1) is 17.3. The largest absolute Gasteiger partial charge is 0.457 e. The summed E-state index contributed by atoms with van der Waals surface area (Å²) in [6.45, 7) is 5.69. The van der Waals surface area contributed by atoms with Crippen molar-refractivity contribution in [3.63, 3.8) is 0 Å². The highest BCUT2D eigenvalue weighted by molar-refractivity contribution is 7.91. The van der Waals surface area contributed by atoms with Crippen molar-refractivity contribution in [2.24, 2.45) is 0 Å². The number of carbonyl (C=O) groups is 1. The molecule has 0 radical (unpaired) electrons. The van der Waals surface area contributed by atoms with Crippen LogP contribution in [0.2, 0.25) is 0 Å². The maximum absolute atomic E-state index is 13.1. The second-order valence-corrected chi connectivity index (χ2v) is 9.95. The van der Waals surface area contributed by atoms with Crippen LogP contribution >= 0.6 is 0 Å². The van der Waals surface area contributed by atoms with Crippen molar-refractivity contribution in [2.45, 2.75) is 37.8 Å². The Morgan fingerprint density at radius 3 is 2.28 bits per heavy atom. The molecule has 3 aromatic rings. The number of ether oxygens (including phenoxy) is 3. The van der Waals surface area contributed by atoms with Crippen LogP contribution in [0.3, 0.4) is 0 Å². The summed E-state index contributed by atoms with van der Waals surface area (Å²) in [4.78, 5) is 12.5. The molecular weight excluding hydrogens is 484 g/mol. The summed E-state index contributed by atoms with van der Waals surface area (Å²) < 4.78 is 42.6. The smallest absolute Gasteiger partial charge is 0.264 e. The lowest BCUT2D eigenvalue weighted by molar-refractivity contribution is -0.134. The van der Waals surface area contributed by atoms with Crippen LogP contribution < -0.4 is 25.0 Å². The molecular formula is C26H30N2O7S. The van der Waals surface area contributed by atoms with Gasteiger partial charge in [0.15, 0.2) is 21.3 Å². The number of benzene rings is 3. The molecule has 3 N–H and O–H groups in total. The lowest BCUT2D eigenvalue weighted by atomic mass is 10.0. The van der Waals surface area contributed by atoms with Gasteiger partial charge in [0.2, 0.25) is 6.79 Å². The lowest BCUT2D eigenvalue weighted by Crippen LogP contribution is -2.58. The maximum Gasteiger partial charge on any atom is 0.264 e. The van der Waals surface area contributed by atoms with Gasteiger partial charge in [0.1, 0.15) is 17.0 Å². The fourth-order valence-corrected chi connectivity index (χ4v) is 5.18. The van der Waals surface area contributed by atoms with E-state index < -0.39 is 27.0 Å². The predicted octanol–water partition coefficient (Wildman–Crippen LogP) is 4.06. The fourth-order valence-electron chi connectivity index (χ4n) is 3.47. The number of para-hydroxylation sites is 1. The van der Waals surface area contributed by atoms with Crippen LogP contribution in [0, 0.1) is 0 Å². The van der Waals surface area contributed by atoms with E-state index >= 15 is 0 Å². The van der Waals surface area contributed by atoms with Crippen LogP contribution in [0.25, 0.3) is 0 Å². The molecule has 9 nitrogen and oxygen atoms in total. The number of sulfone groups is 1. The molecule has 1 amide bonds. The molecule has 1 atom stereocenters. The lowest BCUT2D eigenvalue weighted by Gasteiger charge is -2.28. The Bertz CT molecular complexity index is 1270. The van der Waals surface area contributed by atoms with E-state index in [2.05, 4.69) is 5.32 Å². The Hall–Kier alpha value is -3.60. The molecule has 4 rings (SSSR count). The monoisotopic (exact) mass is 514 g/mol. The van der Waals surface area contributed by atoms with Gasteiger partial charge < -0.3 is 14.2 Å². The maximum atomic E-state index is 13.1. The Morgan fingerprint density at radius 1 is 0.972 bits per heavy atom. The highest BCUT2D eigenvalue weighted by atomic mass is 32.2. The molecule has 0 aromatic heterocycles. The van der Waals surface area contributed by atoms with E-state index in [9.17, 15) is 18.4 Å². The third-order valence-corrected chi connectivity index (χ3v) is 7.31. The van der Waals surface area contributed by atoms with Gasteiger partial charge >= 0.3 is 0 Å². The zero-order chi connectivity index (χ0) is 26.2. The normalized spacial score (nSPS) is 13.7. The van der Waals surface area contributed by atoms with Gasteiger partial charge in [0, 0.05) is 6.54 Å². The third kappa shape index (κ3) is 6.54. The molecule has 0 aliphatic carbocycles. The van der Waals surface area contributed by atoms with E-state index in [1.165, 1.54) is 19.1 Å². The van der Waals surface area contributed by atoms with Gasteiger partial charge in [-0.05, 0) is 61.0 Å². The van der Waals surface area contributed by atoms with E-state index in [0.29, 0.717) is 23.0 Å². The first kappa shape index (κ1) is 27.0. The van der Waals surface area contributed by atoms with Crippen LogP contribution in [0.5, 0.6) is 23.0 Å². The first-order valence-corrected chi connectivity index (χ1v) is 13.1. The molecule has 10 heteroatoms. The summed E-state index contributed by atoms with van der Waals surface area (Å²) in [5, 5.41) is 12.2. The topological polar surface area (TPSA) is 123 Å². The van der Waals surface area contributed by atoms with Gasteiger partial charge in [-0.1, -0.05) is 38.1 Å². The second kappa shape index (κ2) is 11.9.